The molecule has 10 heavy (non-hydrogen) atoms. The van der Waals surface area contributed by atoms with Gasteiger partial charge in [0.1, 0.15) is 0 Å². The van der Waals surface area contributed by atoms with E-state index in [0.717, 1.165) is 10.4 Å². The van der Waals surface area contributed by atoms with Gasteiger partial charge in [0.2, 0.25) is 0 Å². The Morgan fingerprint density at radius 1 is 1.20 bits per heavy atom. The summed E-state index contributed by atoms with van der Waals surface area (Å²) in [5.74, 6) is 0. The fraction of sp³-hybridized carbons (Fsp3) is 1.00. The topological polar surface area (TPSA) is 0 Å². The van der Waals surface area contributed by atoms with E-state index in [1.807, 2.05) is 0 Å². The molecular weight excluding hydrogens is 204 g/mol. The first-order valence-corrected chi connectivity index (χ1v) is 8.63. The first kappa shape index (κ1) is 8.79. The molecule has 1 fully saturated rings. The Morgan fingerprint density at radius 2 is 1.80 bits per heavy atom. The number of hydrogen-bond acceptors (Lipinski definition) is 0. The van der Waals surface area contributed by atoms with Gasteiger partial charge in [-0.3, -0.25) is 0 Å². The van der Waals surface area contributed by atoms with Crippen molar-refractivity contribution in [3.8, 4) is 0 Å². The summed E-state index contributed by atoms with van der Waals surface area (Å²) in [6, 6.07) is 0. The zero-order valence-electron chi connectivity index (χ0n) is 7.15. The summed E-state index contributed by atoms with van der Waals surface area (Å²) < 4.78 is 0. The molecule has 0 nitrogen and oxygen atoms in total. The lowest BCUT2D eigenvalue weighted by molar-refractivity contribution is 0.841. The summed E-state index contributed by atoms with van der Waals surface area (Å²) in [7, 11) is -0.796. The van der Waals surface area contributed by atoms with Gasteiger partial charge in [0.15, 0.2) is 0 Å². The zero-order valence-corrected chi connectivity index (χ0v) is 9.74. The molecule has 2 unspecified atom stereocenters. The van der Waals surface area contributed by atoms with Crippen LogP contribution in [-0.2, 0) is 0 Å². The van der Waals surface area contributed by atoms with Gasteiger partial charge in [-0.05, 0) is 18.4 Å². The van der Waals surface area contributed by atoms with Gasteiger partial charge in [-0.1, -0.05) is 42.0 Å². The van der Waals surface area contributed by atoms with Crippen molar-refractivity contribution in [2.45, 2.75) is 49.3 Å². The molecule has 0 bridgehead atoms. The second kappa shape index (κ2) is 2.98. The summed E-state index contributed by atoms with van der Waals surface area (Å²) in [5.41, 5.74) is 1.08. The molecule has 0 aromatic carbocycles. The van der Waals surface area contributed by atoms with E-state index in [9.17, 15) is 0 Å². The highest BCUT2D eigenvalue weighted by Crippen LogP contribution is 2.41. The first-order valence-electron chi connectivity index (χ1n) is 4.14. The largest absolute Gasteiger partial charge is 0.0891 e. The molecular formula is C8H17BrSi. The minimum atomic E-state index is -0.796. The second-order valence-corrected chi connectivity index (χ2v) is 11.3. The van der Waals surface area contributed by atoms with Gasteiger partial charge >= 0.3 is 0 Å². The van der Waals surface area contributed by atoms with Crippen LogP contribution in [0, 0.1) is 0 Å². The molecule has 0 N–H and O–H groups in total. The van der Waals surface area contributed by atoms with Crippen LogP contribution in [0.25, 0.3) is 0 Å². The third-order valence-corrected chi connectivity index (χ3v) is 6.40. The Hall–Kier alpha value is 0.697. The fourth-order valence-electron chi connectivity index (χ4n) is 1.71. The highest BCUT2D eigenvalue weighted by molar-refractivity contribution is 9.09. The summed E-state index contributed by atoms with van der Waals surface area (Å²) in [4.78, 5) is 0.837. The van der Waals surface area contributed by atoms with E-state index >= 15 is 0 Å². The summed E-state index contributed by atoms with van der Waals surface area (Å²) in [6.45, 7) is 7.47. The van der Waals surface area contributed by atoms with Crippen molar-refractivity contribution in [1.82, 2.24) is 0 Å². The standard InChI is InChI=1S/C8H17BrSi/c1-10(2,3)8-5-4-7(9)6-8/h7-8H,4-6H2,1-3H3. The van der Waals surface area contributed by atoms with Crippen LogP contribution in [0.1, 0.15) is 19.3 Å². The van der Waals surface area contributed by atoms with Crippen molar-refractivity contribution in [3.05, 3.63) is 0 Å². The highest BCUT2D eigenvalue weighted by Gasteiger charge is 2.32. The summed E-state index contributed by atoms with van der Waals surface area (Å²) >= 11 is 3.69. The van der Waals surface area contributed by atoms with Gasteiger partial charge in [-0.15, -0.1) is 0 Å². The predicted octanol–water partition coefficient (Wildman–Crippen LogP) is 3.64. The van der Waals surface area contributed by atoms with Crippen molar-refractivity contribution >= 4 is 24.0 Å². The van der Waals surface area contributed by atoms with Crippen LogP contribution < -0.4 is 0 Å². The van der Waals surface area contributed by atoms with Crippen molar-refractivity contribution in [2.24, 2.45) is 0 Å². The molecule has 0 aromatic heterocycles. The van der Waals surface area contributed by atoms with E-state index < -0.39 is 8.07 Å². The van der Waals surface area contributed by atoms with Crippen LogP contribution in [0.2, 0.25) is 25.2 Å². The molecule has 1 aliphatic rings. The Bertz CT molecular complexity index is 117. The minimum absolute atomic E-state index is 0.796. The number of halogens is 1. The van der Waals surface area contributed by atoms with Gasteiger partial charge in [0, 0.05) is 12.9 Å². The molecule has 0 saturated heterocycles. The molecule has 0 heterocycles. The van der Waals surface area contributed by atoms with Crippen LogP contribution in [0.4, 0.5) is 0 Å². The monoisotopic (exact) mass is 220 g/mol. The molecule has 0 amide bonds. The molecule has 0 aliphatic heterocycles. The Labute approximate surface area is 73.5 Å². The lowest BCUT2D eigenvalue weighted by Crippen LogP contribution is -2.26. The van der Waals surface area contributed by atoms with E-state index in [1.165, 1.54) is 19.3 Å². The van der Waals surface area contributed by atoms with Crippen molar-refractivity contribution in [3.63, 3.8) is 0 Å². The van der Waals surface area contributed by atoms with E-state index in [-0.39, 0.29) is 0 Å². The SMILES string of the molecule is C[Si](C)(C)C1CCC(Br)C1. The highest BCUT2D eigenvalue weighted by atomic mass is 79.9. The molecule has 0 aromatic rings. The maximum absolute atomic E-state index is 3.69. The fourth-order valence-corrected chi connectivity index (χ4v) is 4.80. The lowest BCUT2D eigenvalue weighted by Gasteiger charge is -2.24. The van der Waals surface area contributed by atoms with Gasteiger partial charge < -0.3 is 0 Å². The number of rotatable bonds is 1. The smallest absolute Gasteiger partial charge is 0.0474 e. The molecule has 0 spiro atoms. The average Bonchev–Trinajstić information content (AvgIpc) is 2.11. The molecule has 1 rings (SSSR count). The van der Waals surface area contributed by atoms with E-state index in [0.29, 0.717) is 0 Å². The molecule has 1 aliphatic carbocycles. The van der Waals surface area contributed by atoms with Crippen LogP contribution in [0.5, 0.6) is 0 Å². The van der Waals surface area contributed by atoms with Crippen molar-refractivity contribution in [2.75, 3.05) is 0 Å². The average molecular weight is 221 g/mol. The predicted molar refractivity (Wildman–Crippen MR) is 53.7 cm³/mol. The molecule has 0 radical (unpaired) electrons. The molecule has 60 valence electrons. The lowest BCUT2D eigenvalue weighted by atomic mass is 10.4. The third-order valence-electron chi connectivity index (χ3n) is 2.59. The van der Waals surface area contributed by atoms with Crippen LogP contribution in [-0.4, -0.2) is 12.9 Å². The maximum atomic E-state index is 3.69. The molecule has 2 heteroatoms. The second-order valence-electron chi connectivity index (χ2n) is 4.47. The Balaban J connectivity index is 2.45. The normalized spacial score (nSPS) is 34.8. The first-order chi connectivity index (χ1) is 4.50. The van der Waals surface area contributed by atoms with Crippen LogP contribution in [0.3, 0.4) is 0 Å². The van der Waals surface area contributed by atoms with Gasteiger partial charge in [-0.25, -0.2) is 0 Å². The molecule has 1 saturated carbocycles. The minimum Gasteiger partial charge on any atom is -0.0891 e. The number of hydrogen-bond donors (Lipinski definition) is 0. The quantitative estimate of drug-likeness (QED) is 0.468. The van der Waals surface area contributed by atoms with Crippen molar-refractivity contribution in [1.29, 1.82) is 0 Å². The maximum Gasteiger partial charge on any atom is 0.0474 e. The van der Waals surface area contributed by atoms with Gasteiger partial charge in [-0.2, -0.15) is 0 Å². The third kappa shape index (κ3) is 2.09. The van der Waals surface area contributed by atoms with Crippen LogP contribution >= 0.6 is 15.9 Å². The van der Waals surface area contributed by atoms with Gasteiger partial charge in [0.05, 0.1) is 0 Å². The van der Waals surface area contributed by atoms with Crippen LogP contribution in [0.15, 0.2) is 0 Å². The van der Waals surface area contributed by atoms with E-state index in [1.54, 1.807) is 0 Å². The zero-order chi connectivity index (χ0) is 7.78. The number of alkyl halides is 1. The van der Waals surface area contributed by atoms with E-state index in [4.69, 9.17) is 0 Å². The summed E-state index contributed by atoms with van der Waals surface area (Å²) in [6.07, 6.45) is 4.33. The van der Waals surface area contributed by atoms with Crippen molar-refractivity contribution < 1.29 is 0 Å². The van der Waals surface area contributed by atoms with E-state index in [2.05, 4.69) is 35.6 Å². The molecule has 2 atom stereocenters. The Kier molecular flexibility index (Phi) is 2.62. The van der Waals surface area contributed by atoms with Gasteiger partial charge in [0.25, 0.3) is 0 Å². The Morgan fingerprint density at radius 3 is 2.00 bits per heavy atom. The summed E-state index contributed by atoms with van der Waals surface area (Å²) in [5, 5.41) is 0.